The van der Waals surface area contributed by atoms with Gasteiger partial charge in [0.25, 0.3) is 0 Å². The Kier molecular flexibility index (Phi) is 5.49. The minimum atomic E-state index is -0.378. The first-order chi connectivity index (χ1) is 8.08. The van der Waals surface area contributed by atoms with Crippen molar-refractivity contribution in [3.63, 3.8) is 0 Å². The van der Waals surface area contributed by atoms with Crippen LogP contribution in [-0.4, -0.2) is 12.2 Å². The molecule has 0 saturated carbocycles. The average molecular weight is 236 g/mol. The van der Waals surface area contributed by atoms with E-state index in [0.29, 0.717) is 5.92 Å². The molecule has 2 nitrogen and oxygen atoms in total. The highest BCUT2D eigenvalue weighted by Gasteiger charge is 2.11. The van der Waals surface area contributed by atoms with Gasteiger partial charge in [0, 0.05) is 0 Å². The summed E-state index contributed by atoms with van der Waals surface area (Å²) in [5, 5.41) is 10.1. The molecule has 1 aromatic carbocycles. The van der Waals surface area contributed by atoms with Crippen molar-refractivity contribution in [2.75, 3.05) is 7.11 Å². The minimum absolute atomic E-state index is 0.378. The summed E-state index contributed by atoms with van der Waals surface area (Å²) in [5.41, 5.74) is 2.15. The van der Waals surface area contributed by atoms with Crippen LogP contribution in [0.25, 0.3) is 0 Å². The van der Waals surface area contributed by atoms with Crippen LogP contribution in [0, 0.1) is 5.92 Å². The monoisotopic (exact) mass is 236 g/mol. The Hall–Kier alpha value is -1.02. The van der Waals surface area contributed by atoms with Gasteiger partial charge in [-0.25, -0.2) is 0 Å². The smallest absolute Gasteiger partial charge is 0.122 e. The topological polar surface area (TPSA) is 29.5 Å². The summed E-state index contributed by atoms with van der Waals surface area (Å²) in [7, 11) is 1.68. The first-order valence-corrected chi connectivity index (χ1v) is 6.43. The van der Waals surface area contributed by atoms with Crippen LogP contribution in [0.2, 0.25) is 0 Å². The number of aliphatic hydroxyl groups excluding tert-OH is 1. The van der Waals surface area contributed by atoms with Crippen LogP contribution in [0.15, 0.2) is 18.2 Å². The van der Waals surface area contributed by atoms with E-state index in [2.05, 4.69) is 20.8 Å². The normalized spacial score (nSPS) is 12.8. The summed E-state index contributed by atoms with van der Waals surface area (Å²) in [4.78, 5) is 0. The first-order valence-electron chi connectivity index (χ1n) is 6.43. The molecule has 1 aromatic rings. The fourth-order valence-corrected chi connectivity index (χ4v) is 1.92. The lowest BCUT2D eigenvalue weighted by molar-refractivity contribution is 0.159. The first kappa shape index (κ1) is 14.0. The van der Waals surface area contributed by atoms with Crippen LogP contribution in [0.1, 0.15) is 50.8 Å². The Morgan fingerprint density at radius 1 is 1.24 bits per heavy atom. The number of hydrogen-bond donors (Lipinski definition) is 1. The second-order valence-electron chi connectivity index (χ2n) is 4.91. The van der Waals surface area contributed by atoms with Gasteiger partial charge in [-0.1, -0.05) is 32.9 Å². The molecule has 1 atom stereocenters. The third kappa shape index (κ3) is 4.04. The molecule has 0 aliphatic heterocycles. The zero-order chi connectivity index (χ0) is 12.8. The van der Waals surface area contributed by atoms with Crippen LogP contribution < -0.4 is 4.74 Å². The van der Waals surface area contributed by atoms with Gasteiger partial charge in [0.15, 0.2) is 0 Å². The van der Waals surface area contributed by atoms with Crippen LogP contribution in [0.5, 0.6) is 5.75 Å². The second-order valence-corrected chi connectivity index (χ2v) is 4.91. The SMILES string of the molecule is CCc1ccc(C(O)CCC(C)C)cc1OC. The number of aryl methyl sites for hydroxylation is 1. The predicted molar refractivity (Wildman–Crippen MR) is 71.4 cm³/mol. The number of aliphatic hydroxyl groups is 1. The quantitative estimate of drug-likeness (QED) is 0.815. The zero-order valence-corrected chi connectivity index (χ0v) is 11.4. The van der Waals surface area contributed by atoms with E-state index in [-0.39, 0.29) is 6.10 Å². The van der Waals surface area contributed by atoms with Crippen molar-refractivity contribution in [3.8, 4) is 5.75 Å². The van der Waals surface area contributed by atoms with Gasteiger partial charge in [-0.3, -0.25) is 0 Å². The molecule has 0 fully saturated rings. The van der Waals surface area contributed by atoms with E-state index in [9.17, 15) is 5.11 Å². The van der Waals surface area contributed by atoms with Crippen molar-refractivity contribution < 1.29 is 9.84 Å². The van der Waals surface area contributed by atoms with Crippen LogP contribution in [-0.2, 0) is 6.42 Å². The van der Waals surface area contributed by atoms with Gasteiger partial charge >= 0.3 is 0 Å². The third-order valence-corrected chi connectivity index (χ3v) is 3.09. The van der Waals surface area contributed by atoms with Crippen molar-refractivity contribution in [2.24, 2.45) is 5.92 Å². The molecular formula is C15H24O2. The van der Waals surface area contributed by atoms with E-state index in [1.54, 1.807) is 7.11 Å². The van der Waals surface area contributed by atoms with E-state index in [0.717, 1.165) is 30.6 Å². The van der Waals surface area contributed by atoms with Crippen molar-refractivity contribution >= 4 is 0 Å². The molecule has 0 spiro atoms. The molecule has 17 heavy (non-hydrogen) atoms. The van der Waals surface area contributed by atoms with Gasteiger partial charge in [0.1, 0.15) is 5.75 Å². The molecule has 0 saturated heterocycles. The maximum atomic E-state index is 10.1. The third-order valence-electron chi connectivity index (χ3n) is 3.09. The summed E-state index contributed by atoms with van der Waals surface area (Å²) in [6, 6.07) is 6.02. The second kappa shape index (κ2) is 6.65. The highest BCUT2D eigenvalue weighted by molar-refractivity contribution is 5.38. The van der Waals surface area contributed by atoms with Gasteiger partial charge in [-0.2, -0.15) is 0 Å². The molecule has 0 amide bonds. The summed E-state index contributed by atoms with van der Waals surface area (Å²) >= 11 is 0. The highest BCUT2D eigenvalue weighted by Crippen LogP contribution is 2.27. The Labute approximate surface area is 105 Å². The lowest BCUT2D eigenvalue weighted by Gasteiger charge is -2.15. The Bertz CT molecular complexity index is 345. The standard InChI is InChI=1S/C15H24O2/c1-5-12-7-8-13(10-15(12)17-4)14(16)9-6-11(2)3/h7-8,10-11,14,16H,5-6,9H2,1-4H3. The van der Waals surface area contributed by atoms with Crippen molar-refractivity contribution in [1.29, 1.82) is 0 Å². The van der Waals surface area contributed by atoms with E-state index < -0.39 is 0 Å². The predicted octanol–water partition coefficient (Wildman–Crippen LogP) is 3.73. The lowest BCUT2D eigenvalue weighted by atomic mass is 9.98. The Morgan fingerprint density at radius 3 is 2.47 bits per heavy atom. The Balaban J connectivity index is 2.77. The van der Waals surface area contributed by atoms with Gasteiger partial charge in [-0.15, -0.1) is 0 Å². The molecule has 1 rings (SSSR count). The molecule has 96 valence electrons. The summed E-state index contributed by atoms with van der Waals surface area (Å²) in [6.45, 7) is 6.45. The molecule has 0 aliphatic rings. The fourth-order valence-electron chi connectivity index (χ4n) is 1.92. The van der Waals surface area contributed by atoms with Gasteiger partial charge < -0.3 is 9.84 Å². The number of ether oxygens (including phenoxy) is 1. The average Bonchev–Trinajstić information content (AvgIpc) is 2.34. The highest BCUT2D eigenvalue weighted by atomic mass is 16.5. The number of rotatable bonds is 6. The minimum Gasteiger partial charge on any atom is -0.496 e. The van der Waals surface area contributed by atoms with Crippen LogP contribution in [0.3, 0.4) is 0 Å². The maximum Gasteiger partial charge on any atom is 0.122 e. The number of hydrogen-bond acceptors (Lipinski definition) is 2. The molecule has 1 N–H and O–H groups in total. The van der Waals surface area contributed by atoms with Crippen molar-refractivity contribution in [2.45, 2.75) is 46.1 Å². The molecular weight excluding hydrogens is 212 g/mol. The van der Waals surface area contributed by atoms with Gasteiger partial charge in [0.05, 0.1) is 13.2 Å². The van der Waals surface area contributed by atoms with Crippen LogP contribution in [0.4, 0.5) is 0 Å². The maximum absolute atomic E-state index is 10.1. The Morgan fingerprint density at radius 2 is 1.94 bits per heavy atom. The van der Waals surface area contributed by atoms with E-state index in [1.807, 2.05) is 18.2 Å². The largest absolute Gasteiger partial charge is 0.496 e. The summed E-state index contributed by atoms with van der Waals surface area (Å²) < 4.78 is 5.34. The van der Waals surface area contributed by atoms with Gasteiger partial charge in [-0.05, 0) is 42.4 Å². The molecule has 0 heterocycles. The van der Waals surface area contributed by atoms with Crippen LogP contribution >= 0.6 is 0 Å². The summed E-state index contributed by atoms with van der Waals surface area (Å²) in [5.74, 6) is 1.51. The molecule has 0 bridgehead atoms. The molecule has 0 aliphatic carbocycles. The number of benzene rings is 1. The fraction of sp³-hybridized carbons (Fsp3) is 0.600. The van der Waals surface area contributed by atoms with E-state index in [4.69, 9.17) is 4.74 Å². The molecule has 0 aromatic heterocycles. The zero-order valence-electron chi connectivity index (χ0n) is 11.4. The summed E-state index contributed by atoms with van der Waals surface area (Å²) in [6.07, 6.45) is 2.42. The molecule has 2 heteroatoms. The van der Waals surface area contributed by atoms with Gasteiger partial charge in [0.2, 0.25) is 0 Å². The van der Waals surface area contributed by atoms with E-state index >= 15 is 0 Å². The molecule has 1 unspecified atom stereocenters. The number of methoxy groups -OCH3 is 1. The van der Waals surface area contributed by atoms with Crippen molar-refractivity contribution in [3.05, 3.63) is 29.3 Å². The molecule has 0 radical (unpaired) electrons. The van der Waals surface area contributed by atoms with Crippen molar-refractivity contribution in [1.82, 2.24) is 0 Å². The lowest BCUT2D eigenvalue weighted by Crippen LogP contribution is -2.01. The van der Waals surface area contributed by atoms with E-state index in [1.165, 1.54) is 5.56 Å².